The van der Waals surface area contributed by atoms with Crippen LogP contribution in [0.4, 0.5) is 10.1 Å². The number of nitrogens with one attached hydrogen (secondary N) is 1. The summed E-state index contributed by atoms with van der Waals surface area (Å²) >= 11 is 6.46. The summed E-state index contributed by atoms with van der Waals surface area (Å²) in [7, 11) is 0. The normalized spacial score (nSPS) is 13.6. The molecule has 0 fully saturated rings. The van der Waals surface area contributed by atoms with E-state index in [2.05, 4.69) is 25.3 Å². The number of fused-ring (bicyclic) bond motifs is 1. The van der Waals surface area contributed by atoms with Crippen LogP contribution in [0, 0.1) is 5.82 Å². The van der Waals surface area contributed by atoms with Gasteiger partial charge in [-0.3, -0.25) is 4.98 Å². The minimum atomic E-state index is -1.23. The topological polar surface area (TPSA) is 124 Å². The van der Waals surface area contributed by atoms with Crippen LogP contribution < -0.4 is 5.32 Å². The van der Waals surface area contributed by atoms with Crippen LogP contribution in [0.25, 0.3) is 22.3 Å². The Hall–Kier alpha value is -3.24. The fraction of sp³-hybridized carbons (Fsp3) is 0.280. The van der Waals surface area contributed by atoms with E-state index in [0.717, 1.165) is 5.56 Å². The molecule has 0 radical (unpaired) electrons. The Morgan fingerprint density at radius 3 is 2.43 bits per heavy atom. The molecule has 4 aromatic rings. The van der Waals surface area contributed by atoms with Gasteiger partial charge in [-0.15, -0.1) is 0 Å². The Morgan fingerprint density at radius 1 is 1.09 bits per heavy atom. The van der Waals surface area contributed by atoms with Crippen LogP contribution in [0.5, 0.6) is 0 Å². The van der Waals surface area contributed by atoms with E-state index in [0.29, 0.717) is 32.9 Å². The molecule has 4 N–H and O–H groups in total. The van der Waals surface area contributed by atoms with Crippen molar-refractivity contribution in [3.05, 3.63) is 76.7 Å². The quantitative estimate of drug-likeness (QED) is 0.298. The number of pyridine rings is 2. The van der Waals surface area contributed by atoms with Crippen molar-refractivity contribution in [1.82, 2.24) is 19.9 Å². The number of hydrogen-bond acceptors (Lipinski definition) is 8. The molecule has 0 bridgehead atoms. The third-order valence-corrected chi connectivity index (χ3v) is 5.84. The molecule has 3 heterocycles. The molecule has 1 aromatic carbocycles. The van der Waals surface area contributed by atoms with E-state index < -0.39 is 17.5 Å². The first-order valence-corrected chi connectivity index (χ1v) is 11.3. The van der Waals surface area contributed by atoms with Crippen molar-refractivity contribution in [3.63, 3.8) is 0 Å². The van der Waals surface area contributed by atoms with E-state index in [4.69, 9.17) is 11.6 Å². The van der Waals surface area contributed by atoms with Gasteiger partial charge in [0, 0.05) is 36.3 Å². The van der Waals surface area contributed by atoms with Gasteiger partial charge in [0.15, 0.2) is 11.6 Å². The predicted octanol–water partition coefficient (Wildman–Crippen LogP) is 4.31. The lowest BCUT2D eigenvalue weighted by Gasteiger charge is -2.20. The van der Waals surface area contributed by atoms with Crippen molar-refractivity contribution < 1.29 is 19.7 Å². The molecule has 8 nitrogen and oxygen atoms in total. The molecular formula is C25H25ClFN5O3. The number of nitrogens with zero attached hydrogens (tertiary/aromatic N) is 4. The van der Waals surface area contributed by atoms with Crippen molar-refractivity contribution in [1.29, 1.82) is 0 Å². The van der Waals surface area contributed by atoms with Crippen LogP contribution in [-0.4, -0.2) is 41.9 Å². The molecule has 2 atom stereocenters. The second kappa shape index (κ2) is 9.79. The largest absolute Gasteiger partial charge is 0.393 e. The van der Waals surface area contributed by atoms with Crippen LogP contribution in [0.1, 0.15) is 49.9 Å². The van der Waals surface area contributed by atoms with Crippen molar-refractivity contribution in [3.8, 4) is 11.3 Å². The molecule has 0 saturated heterocycles. The Labute approximate surface area is 206 Å². The standard InChI is InChI=1S/C25H25ClFN5O3/c1-13(14-5-4-6-15(7-14)20(34)12-33)31-22-17(26)11-28-19-8-18(27)21(32-23(19)22)16-9-29-24(30-10-16)25(2,3)35/h4-11,13,20,33-35H,12H2,1-3H3,(H,28,31)/t13-,20?/m1/s1. The van der Waals surface area contributed by atoms with E-state index in [-0.39, 0.29) is 24.2 Å². The molecule has 0 aliphatic carbocycles. The Bertz CT molecular complexity index is 1360. The molecule has 0 aliphatic rings. The first-order valence-electron chi connectivity index (χ1n) is 10.9. The van der Waals surface area contributed by atoms with Crippen LogP contribution in [0.3, 0.4) is 0 Å². The van der Waals surface area contributed by atoms with E-state index >= 15 is 0 Å². The monoisotopic (exact) mass is 497 g/mol. The summed E-state index contributed by atoms with van der Waals surface area (Å²) in [4.78, 5) is 17.0. The zero-order chi connectivity index (χ0) is 25.3. The minimum absolute atomic E-state index is 0.0210. The maximum absolute atomic E-state index is 14.9. The SMILES string of the molecule is C[C@@H](Nc1c(Cl)cnc2cc(F)c(-c3cnc(C(C)(C)O)nc3)nc12)c1cccc(C(O)CO)c1. The van der Waals surface area contributed by atoms with Crippen molar-refractivity contribution in [2.75, 3.05) is 11.9 Å². The van der Waals surface area contributed by atoms with Gasteiger partial charge in [-0.2, -0.15) is 0 Å². The molecule has 0 spiro atoms. The van der Waals surface area contributed by atoms with Crippen LogP contribution >= 0.6 is 11.6 Å². The molecule has 182 valence electrons. The van der Waals surface area contributed by atoms with Crippen LogP contribution in [-0.2, 0) is 5.60 Å². The van der Waals surface area contributed by atoms with Gasteiger partial charge in [0.25, 0.3) is 0 Å². The lowest BCUT2D eigenvalue weighted by Crippen LogP contribution is -2.19. The Morgan fingerprint density at radius 2 is 1.77 bits per heavy atom. The van der Waals surface area contributed by atoms with Gasteiger partial charge >= 0.3 is 0 Å². The third kappa shape index (κ3) is 5.23. The molecule has 3 aromatic heterocycles. The van der Waals surface area contributed by atoms with Gasteiger partial charge in [0.2, 0.25) is 0 Å². The predicted molar refractivity (Wildman–Crippen MR) is 131 cm³/mol. The molecule has 0 amide bonds. The second-order valence-corrected chi connectivity index (χ2v) is 9.16. The third-order valence-electron chi connectivity index (χ3n) is 5.55. The number of aliphatic hydroxyl groups excluding tert-OH is 2. The Balaban J connectivity index is 1.74. The number of benzene rings is 1. The fourth-order valence-corrected chi connectivity index (χ4v) is 3.81. The summed E-state index contributed by atoms with van der Waals surface area (Å²) in [6.07, 6.45) is 3.25. The summed E-state index contributed by atoms with van der Waals surface area (Å²) in [5.41, 5.74) is 1.68. The lowest BCUT2D eigenvalue weighted by molar-refractivity contribution is 0.0687. The van der Waals surface area contributed by atoms with Gasteiger partial charge in [0.1, 0.15) is 22.9 Å². The van der Waals surface area contributed by atoms with E-state index in [9.17, 15) is 19.7 Å². The smallest absolute Gasteiger partial charge is 0.159 e. The van der Waals surface area contributed by atoms with Gasteiger partial charge in [0.05, 0.1) is 22.8 Å². The zero-order valence-corrected chi connectivity index (χ0v) is 20.1. The van der Waals surface area contributed by atoms with Crippen molar-refractivity contribution >= 4 is 28.3 Å². The molecule has 4 rings (SSSR count). The Kier molecular flexibility index (Phi) is 6.95. The number of hydrogen-bond donors (Lipinski definition) is 4. The summed E-state index contributed by atoms with van der Waals surface area (Å²) in [6, 6.07) is 8.18. The average Bonchev–Trinajstić information content (AvgIpc) is 2.84. The average molecular weight is 498 g/mol. The molecule has 0 saturated carbocycles. The van der Waals surface area contributed by atoms with Crippen LogP contribution in [0.2, 0.25) is 5.02 Å². The lowest BCUT2D eigenvalue weighted by atomic mass is 10.0. The van der Waals surface area contributed by atoms with Gasteiger partial charge < -0.3 is 20.6 Å². The van der Waals surface area contributed by atoms with Gasteiger partial charge in [-0.25, -0.2) is 19.3 Å². The second-order valence-electron chi connectivity index (χ2n) is 8.76. The summed E-state index contributed by atoms with van der Waals surface area (Å²) in [5, 5.41) is 32.9. The highest BCUT2D eigenvalue weighted by atomic mass is 35.5. The highest BCUT2D eigenvalue weighted by Crippen LogP contribution is 2.34. The maximum Gasteiger partial charge on any atom is 0.159 e. The number of aromatic nitrogens is 4. The number of halogens is 2. The molecule has 1 unspecified atom stereocenters. The summed E-state index contributed by atoms with van der Waals surface area (Å²) < 4.78 is 14.9. The zero-order valence-electron chi connectivity index (χ0n) is 19.4. The van der Waals surface area contributed by atoms with Crippen LogP contribution in [0.15, 0.2) is 48.9 Å². The molecular weight excluding hydrogens is 473 g/mol. The first-order chi connectivity index (χ1) is 16.6. The molecule has 35 heavy (non-hydrogen) atoms. The van der Waals surface area contributed by atoms with E-state index in [1.54, 1.807) is 32.0 Å². The first kappa shape index (κ1) is 24.9. The summed E-state index contributed by atoms with van der Waals surface area (Å²) in [5.74, 6) is -0.395. The minimum Gasteiger partial charge on any atom is -0.393 e. The van der Waals surface area contributed by atoms with Crippen molar-refractivity contribution in [2.45, 2.75) is 38.5 Å². The number of aliphatic hydroxyl groups is 3. The fourth-order valence-electron chi connectivity index (χ4n) is 3.61. The number of anilines is 1. The number of rotatable bonds is 7. The maximum atomic E-state index is 14.9. The van der Waals surface area contributed by atoms with Crippen molar-refractivity contribution in [2.24, 2.45) is 0 Å². The molecule has 0 aliphatic heterocycles. The summed E-state index contributed by atoms with van der Waals surface area (Å²) in [6.45, 7) is 4.64. The highest BCUT2D eigenvalue weighted by molar-refractivity contribution is 6.34. The van der Waals surface area contributed by atoms with E-state index in [1.165, 1.54) is 24.7 Å². The highest BCUT2D eigenvalue weighted by Gasteiger charge is 2.21. The van der Waals surface area contributed by atoms with Gasteiger partial charge in [-0.1, -0.05) is 35.9 Å². The van der Waals surface area contributed by atoms with E-state index in [1.807, 2.05) is 13.0 Å². The van der Waals surface area contributed by atoms with Gasteiger partial charge in [-0.05, 0) is 31.9 Å². The molecule has 10 heteroatoms.